The molecule has 1 fully saturated rings. The molecule has 1 nitrogen and oxygen atoms in total. The van der Waals surface area contributed by atoms with E-state index in [4.69, 9.17) is 5.26 Å². The highest BCUT2D eigenvalue weighted by atomic mass is 14.5. The van der Waals surface area contributed by atoms with Gasteiger partial charge in [-0.15, -0.1) is 0 Å². The molecule has 1 aliphatic carbocycles. The van der Waals surface area contributed by atoms with Crippen LogP contribution in [-0.2, 0) is 0 Å². The predicted molar refractivity (Wildman–Crippen MR) is 52.1 cm³/mol. The first-order valence-electron chi connectivity index (χ1n) is 4.77. The highest BCUT2D eigenvalue weighted by molar-refractivity contribution is 5.26. The summed E-state index contributed by atoms with van der Waals surface area (Å²) >= 11 is 0. The third-order valence-electron chi connectivity index (χ3n) is 2.91. The molecule has 13 heavy (non-hydrogen) atoms. The normalized spacial score (nSPS) is 27.7. The van der Waals surface area contributed by atoms with Crippen molar-refractivity contribution in [1.82, 2.24) is 0 Å². The summed E-state index contributed by atoms with van der Waals surface area (Å²) in [6.45, 7) is 2.02. The van der Waals surface area contributed by atoms with Crippen LogP contribution in [0.1, 0.15) is 24.8 Å². The quantitative estimate of drug-likeness (QED) is 0.671. The summed E-state index contributed by atoms with van der Waals surface area (Å²) in [4.78, 5) is 0. The number of nitrogens with zero attached hydrogens (tertiary/aromatic N) is 1. The molecule has 0 N–H and O–H groups in total. The average Bonchev–Trinajstić information content (AvgIpc) is 2.98. The van der Waals surface area contributed by atoms with Crippen molar-refractivity contribution < 1.29 is 0 Å². The number of nitriles is 1. The summed E-state index contributed by atoms with van der Waals surface area (Å²) in [5.74, 6) is 1.47. The molecule has 1 heteroatoms. The summed E-state index contributed by atoms with van der Waals surface area (Å²) in [6.07, 6.45) is 1.19. The van der Waals surface area contributed by atoms with Crippen molar-refractivity contribution in [2.24, 2.45) is 11.8 Å². The molecule has 1 aromatic carbocycles. The Morgan fingerprint density at radius 2 is 2.08 bits per heavy atom. The molecule has 1 aromatic rings. The van der Waals surface area contributed by atoms with E-state index in [-0.39, 0.29) is 5.92 Å². The van der Waals surface area contributed by atoms with E-state index in [1.54, 1.807) is 0 Å². The Bertz CT molecular complexity index is 323. The molecule has 1 saturated carbocycles. The number of rotatable bonds is 2. The molecule has 2 rings (SSSR count). The van der Waals surface area contributed by atoms with Crippen molar-refractivity contribution in [2.45, 2.75) is 19.3 Å². The van der Waals surface area contributed by atoms with E-state index < -0.39 is 0 Å². The van der Waals surface area contributed by atoms with Gasteiger partial charge in [0.25, 0.3) is 0 Å². The zero-order valence-electron chi connectivity index (χ0n) is 7.77. The zero-order valence-corrected chi connectivity index (χ0v) is 7.77. The zero-order chi connectivity index (χ0) is 9.26. The number of hydrogen-bond donors (Lipinski definition) is 0. The largest absolute Gasteiger partial charge is 0.198 e. The van der Waals surface area contributed by atoms with Crippen molar-refractivity contribution in [1.29, 1.82) is 5.26 Å². The fourth-order valence-corrected chi connectivity index (χ4v) is 1.95. The first-order chi connectivity index (χ1) is 6.33. The lowest BCUT2D eigenvalue weighted by atomic mass is 10.0. The minimum absolute atomic E-state index is 0.213. The Labute approximate surface area is 79.0 Å². The Morgan fingerprint density at radius 3 is 2.69 bits per heavy atom. The minimum atomic E-state index is 0.213. The van der Waals surface area contributed by atoms with Gasteiger partial charge < -0.3 is 0 Å². The standard InChI is InChI=1S/C12H13N/c1-9(8-13)11-7-12(11)10-5-3-2-4-6-10/h2-6,9,11-12H,7H2,1H3. The highest BCUT2D eigenvalue weighted by Crippen LogP contribution is 2.51. The molecule has 0 amide bonds. The second-order valence-electron chi connectivity index (χ2n) is 3.83. The smallest absolute Gasteiger partial charge is 0.0656 e. The van der Waals surface area contributed by atoms with Gasteiger partial charge in [-0.3, -0.25) is 0 Å². The molecule has 0 aliphatic heterocycles. The van der Waals surface area contributed by atoms with Gasteiger partial charge in [0.2, 0.25) is 0 Å². The highest BCUT2D eigenvalue weighted by Gasteiger charge is 2.41. The monoisotopic (exact) mass is 171 g/mol. The fourth-order valence-electron chi connectivity index (χ4n) is 1.95. The van der Waals surface area contributed by atoms with Gasteiger partial charge in [-0.05, 0) is 30.7 Å². The lowest BCUT2D eigenvalue weighted by molar-refractivity contribution is 0.622. The van der Waals surface area contributed by atoms with E-state index in [9.17, 15) is 0 Å². The van der Waals surface area contributed by atoms with Gasteiger partial charge in [0, 0.05) is 5.92 Å². The first-order valence-corrected chi connectivity index (χ1v) is 4.77. The molecule has 0 heterocycles. The van der Waals surface area contributed by atoms with Crippen LogP contribution in [0.2, 0.25) is 0 Å². The molecule has 0 aromatic heterocycles. The van der Waals surface area contributed by atoms with Crippen LogP contribution in [0.4, 0.5) is 0 Å². The second-order valence-corrected chi connectivity index (χ2v) is 3.83. The van der Waals surface area contributed by atoms with Gasteiger partial charge in [-0.25, -0.2) is 0 Å². The van der Waals surface area contributed by atoms with E-state index in [1.165, 1.54) is 12.0 Å². The summed E-state index contributed by atoms with van der Waals surface area (Å²) in [7, 11) is 0. The van der Waals surface area contributed by atoms with Gasteiger partial charge in [-0.2, -0.15) is 5.26 Å². The van der Waals surface area contributed by atoms with E-state index in [2.05, 4.69) is 30.3 Å². The molecule has 0 radical (unpaired) electrons. The summed E-state index contributed by atoms with van der Waals surface area (Å²) < 4.78 is 0. The lowest BCUT2D eigenvalue weighted by Gasteiger charge is -2.00. The maximum absolute atomic E-state index is 8.76. The van der Waals surface area contributed by atoms with Crippen molar-refractivity contribution >= 4 is 0 Å². The van der Waals surface area contributed by atoms with Crippen LogP contribution < -0.4 is 0 Å². The van der Waals surface area contributed by atoms with Gasteiger partial charge in [0.05, 0.1) is 6.07 Å². The van der Waals surface area contributed by atoms with Crippen molar-refractivity contribution in [3.63, 3.8) is 0 Å². The summed E-state index contributed by atoms with van der Waals surface area (Å²) in [5.41, 5.74) is 1.40. The Hall–Kier alpha value is -1.29. The molecule has 0 saturated heterocycles. The maximum Gasteiger partial charge on any atom is 0.0656 e. The van der Waals surface area contributed by atoms with E-state index in [0.717, 1.165) is 0 Å². The third kappa shape index (κ3) is 1.58. The van der Waals surface area contributed by atoms with Crippen LogP contribution in [0.25, 0.3) is 0 Å². The number of benzene rings is 1. The van der Waals surface area contributed by atoms with Crippen LogP contribution >= 0.6 is 0 Å². The summed E-state index contributed by atoms with van der Waals surface area (Å²) in [5, 5.41) is 8.76. The molecule has 0 spiro atoms. The predicted octanol–water partition coefficient (Wildman–Crippen LogP) is 2.95. The Balaban J connectivity index is 2.05. The SMILES string of the molecule is CC(C#N)C1CC1c1ccccc1. The maximum atomic E-state index is 8.76. The third-order valence-corrected chi connectivity index (χ3v) is 2.91. The first kappa shape index (κ1) is 8.31. The molecule has 3 atom stereocenters. The molecule has 66 valence electrons. The van der Waals surface area contributed by atoms with Gasteiger partial charge >= 0.3 is 0 Å². The van der Waals surface area contributed by atoms with Gasteiger partial charge in [-0.1, -0.05) is 30.3 Å². The van der Waals surface area contributed by atoms with E-state index in [0.29, 0.717) is 11.8 Å². The van der Waals surface area contributed by atoms with Gasteiger partial charge in [0.1, 0.15) is 0 Å². The molecule has 1 aliphatic rings. The van der Waals surface area contributed by atoms with Crippen LogP contribution in [-0.4, -0.2) is 0 Å². The van der Waals surface area contributed by atoms with Crippen molar-refractivity contribution in [2.75, 3.05) is 0 Å². The number of hydrogen-bond acceptors (Lipinski definition) is 1. The van der Waals surface area contributed by atoms with Crippen LogP contribution in [0.15, 0.2) is 30.3 Å². The van der Waals surface area contributed by atoms with Crippen molar-refractivity contribution in [3.05, 3.63) is 35.9 Å². The van der Waals surface area contributed by atoms with Gasteiger partial charge in [0.15, 0.2) is 0 Å². The molecular weight excluding hydrogens is 158 g/mol. The van der Waals surface area contributed by atoms with E-state index >= 15 is 0 Å². The van der Waals surface area contributed by atoms with E-state index in [1.807, 2.05) is 13.0 Å². The lowest BCUT2D eigenvalue weighted by Crippen LogP contribution is -1.94. The average molecular weight is 171 g/mol. The fraction of sp³-hybridized carbons (Fsp3) is 0.417. The topological polar surface area (TPSA) is 23.8 Å². The summed E-state index contributed by atoms with van der Waals surface area (Å²) in [6, 6.07) is 12.8. The Morgan fingerprint density at radius 1 is 1.38 bits per heavy atom. The second kappa shape index (κ2) is 3.22. The van der Waals surface area contributed by atoms with Crippen LogP contribution in [0.3, 0.4) is 0 Å². The minimum Gasteiger partial charge on any atom is -0.198 e. The van der Waals surface area contributed by atoms with Crippen molar-refractivity contribution in [3.8, 4) is 6.07 Å². The van der Waals surface area contributed by atoms with Crippen LogP contribution in [0, 0.1) is 23.2 Å². The molecule has 0 bridgehead atoms. The Kier molecular flexibility index (Phi) is 2.06. The molecular formula is C12H13N. The molecule has 3 unspecified atom stereocenters. The van der Waals surface area contributed by atoms with Crippen LogP contribution in [0.5, 0.6) is 0 Å².